The number of carbonyl (C=O) groups is 1. The van der Waals surface area contributed by atoms with Crippen LogP contribution in [-0.2, 0) is 14.3 Å². The highest BCUT2D eigenvalue weighted by Crippen LogP contribution is 2.38. The van der Waals surface area contributed by atoms with Crippen molar-refractivity contribution in [3.63, 3.8) is 0 Å². The summed E-state index contributed by atoms with van der Waals surface area (Å²) in [5, 5.41) is 12.5. The number of aliphatic hydroxyl groups excluding tert-OH is 1. The van der Waals surface area contributed by atoms with Gasteiger partial charge in [-0.3, -0.25) is 4.79 Å². The quantitative estimate of drug-likeness (QED) is 0.616. The molecule has 0 bridgehead atoms. The van der Waals surface area contributed by atoms with Gasteiger partial charge in [-0.1, -0.05) is 6.08 Å². The summed E-state index contributed by atoms with van der Waals surface area (Å²) >= 11 is 0. The van der Waals surface area contributed by atoms with Gasteiger partial charge in [-0.25, -0.2) is 0 Å². The average Bonchev–Trinajstić information content (AvgIpc) is 2.61. The van der Waals surface area contributed by atoms with Crippen LogP contribution < -0.4 is 5.32 Å². The van der Waals surface area contributed by atoms with Gasteiger partial charge >= 0.3 is 0 Å². The van der Waals surface area contributed by atoms with E-state index in [1.807, 2.05) is 13.8 Å². The second kappa shape index (κ2) is 3.55. The molecule has 1 fully saturated rings. The zero-order valence-electron chi connectivity index (χ0n) is 9.69. The molecule has 1 aliphatic heterocycles. The number of carbonyl (C=O) groups excluding carboxylic acids is 1. The summed E-state index contributed by atoms with van der Waals surface area (Å²) in [7, 11) is 0. The molecule has 90 valence electrons. The molecule has 1 aliphatic carbocycles. The third-order valence-corrected chi connectivity index (χ3v) is 2.88. The molecule has 1 amide bonds. The van der Waals surface area contributed by atoms with Gasteiger partial charge in [0.25, 0.3) is 0 Å². The Labute approximate surface area is 94.4 Å². The Morgan fingerprint density at radius 3 is 2.75 bits per heavy atom. The van der Waals surface area contributed by atoms with Crippen molar-refractivity contribution < 1.29 is 19.4 Å². The summed E-state index contributed by atoms with van der Waals surface area (Å²) in [5.41, 5.74) is -0.741. The van der Waals surface area contributed by atoms with Gasteiger partial charge in [-0.15, -0.1) is 0 Å². The molecule has 2 rings (SSSR count). The Kier molecular flexibility index (Phi) is 2.57. The maximum Gasteiger partial charge on any atom is 0.217 e. The summed E-state index contributed by atoms with van der Waals surface area (Å²) in [5.74, 6) is -0.883. The molecule has 0 aromatic heterocycles. The highest BCUT2D eigenvalue weighted by atomic mass is 16.8. The van der Waals surface area contributed by atoms with E-state index >= 15 is 0 Å². The normalized spacial score (nSPS) is 40.5. The van der Waals surface area contributed by atoms with E-state index < -0.39 is 23.5 Å². The summed E-state index contributed by atoms with van der Waals surface area (Å²) in [4.78, 5) is 11.1. The SMILES string of the molecule is CC(=O)N[C@@H]1[C@@H](O)C=C[C@]12COC(C)(C)O2. The maximum absolute atomic E-state index is 11.1. The van der Waals surface area contributed by atoms with Crippen LogP contribution in [0.25, 0.3) is 0 Å². The van der Waals surface area contributed by atoms with Crippen LogP contribution in [0.3, 0.4) is 0 Å². The smallest absolute Gasteiger partial charge is 0.217 e. The van der Waals surface area contributed by atoms with Crippen LogP contribution in [0.15, 0.2) is 12.2 Å². The van der Waals surface area contributed by atoms with E-state index in [4.69, 9.17) is 9.47 Å². The van der Waals surface area contributed by atoms with Gasteiger partial charge in [-0.2, -0.15) is 0 Å². The van der Waals surface area contributed by atoms with Crippen LogP contribution in [0, 0.1) is 0 Å². The molecule has 3 atom stereocenters. The van der Waals surface area contributed by atoms with Gasteiger partial charge in [0.1, 0.15) is 5.60 Å². The number of ether oxygens (including phenoxy) is 2. The zero-order chi connectivity index (χ0) is 12.0. The Bertz CT molecular complexity index is 339. The van der Waals surface area contributed by atoms with E-state index in [-0.39, 0.29) is 5.91 Å². The first-order chi connectivity index (χ1) is 7.35. The molecule has 1 spiro atoms. The van der Waals surface area contributed by atoms with E-state index in [2.05, 4.69) is 5.32 Å². The summed E-state index contributed by atoms with van der Waals surface area (Å²) in [6.45, 7) is 5.37. The van der Waals surface area contributed by atoms with Crippen LogP contribution in [0.1, 0.15) is 20.8 Å². The monoisotopic (exact) mass is 227 g/mol. The topological polar surface area (TPSA) is 67.8 Å². The molecule has 1 saturated heterocycles. The van der Waals surface area contributed by atoms with Gasteiger partial charge in [0.15, 0.2) is 5.79 Å². The molecule has 0 unspecified atom stereocenters. The molecular formula is C11H17NO4. The third kappa shape index (κ3) is 1.86. The number of hydrogen-bond donors (Lipinski definition) is 2. The molecule has 2 aliphatic rings. The van der Waals surface area contributed by atoms with Crippen LogP contribution in [-0.4, -0.2) is 41.2 Å². The van der Waals surface area contributed by atoms with Gasteiger partial charge in [0.2, 0.25) is 5.91 Å². The van der Waals surface area contributed by atoms with Crippen molar-refractivity contribution in [1.82, 2.24) is 5.32 Å². The van der Waals surface area contributed by atoms with Gasteiger partial charge in [-0.05, 0) is 19.9 Å². The van der Waals surface area contributed by atoms with Crippen molar-refractivity contribution in [2.24, 2.45) is 0 Å². The van der Waals surface area contributed by atoms with Crippen LogP contribution in [0.4, 0.5) is 0 Å². The number of aliphatic hydroxyl groups is 1. The number of hydrogen-bond acceptors (Lipinski definition) is 4. The Morgan fingerprint density at radius 1 is 1.56 bits per heavy atom. The predicted octanol–water partition coefficient (Wildman–Crippen LogP) is -0.0565. The lowest BCUT2D eigenvalue weighted by Crippen LogP contribution is -2.55. The van der Waals surface area contributed by atoms with Crippen molar-refractivity contribution in [1.29, 1.82) is 0 Å². The first kappa shape index (κ1) is 11.6. The van der Waals surface area contributed by atoms with Crippen LogP contribution in [0.2, 0.25) is 0 Å². The standard InChI is InChI=1S/C11H17NO4/c1-7(13)12-9-8(14)4-5-11(9)6-15-10(2,3)16-11/h4-5,8-9,14H,6H2,1-3H3,(H,12,13)/t8-,9+,11-/m0/s1. The highest BCUT2D eigenvalue weighted by Gasteiger charge is 2.54. The van der Waals surface area contributed by atoms with E-state index in [0.29, 0.717) is 6.61 Å². The minimum atomic E-state index is -0.741. The molecule has 2 N–H and O–H groups in total. The van der Waals surface area contributed by atoms with Crippen molar-refractivity contribution in [3.8, 4) is 0 Å². The average molecular weight is 227 g/mol. The van der Waals surface area contributed by atoms with E-state index in [1.165, 1.54) is 6.92 Å². The Hall–Kier alpha value is -0.910. The predicted molar refractivity (Wildman–Crippen MR) is 56.6 cm³/mol. The van der Waals surface area contributed by atoms with Crippen molar-refractivity contribution in [2.75, 3.05) is 6.61 Å². The van der Waals surface area contributed by atoms with Crippen LogP contribution >= 0.6 is 0 Å². The summed E-state index contributed by atoms with van der Waals surface area (Å²) < 4.78 is 11.3. The number of rotatable bonds is 1. The zero-order valence-corrected chi connectivity index (χ0v) is 9.69. The molecule has 5 heteroatoms. The second-order valence-corrected chi connectivity index (χ2v) is 4.77. The minimum absolute atomic E-state index is 0.194. The molecular weight excluding hydrogens is 210 g/mol. The van der Waals surface area contributed by atoms with Gasteiger partial charge < -0.3 is 19.9 Å². The van der Waals surface area contributed by atoms with Crippen molar-refractivity contribution in [3.05, 3.63) is 12.2 Å². The Morgan fingerprint density at radius 2 is 2.25 bits per heavy atom. The largest absolute Gasteiger partial charge is 0.387 e. The van der Waals surface area contributed by atoms with E-state index in [9.17, 15) is 9.90 Å². The molecule has 0 aromatic carbocycles. The molecule has 16 heavy (non-hydrogen) atoms. The van der Waals surface area contributed by atoms with Crippen LogP contribution in [0.5, 0.6) is 0 Å². The first-order valence-corrected chi connectivity index (χ1v) is 5.33. The van der Waals surface area contributed by atoms with Gasteiger partial charge in [0.05, 0.1) is 18.8 Å². The summed E-state index contributed by atoms with van der Waals surface area (Å²) in [6, 6.07) is -0.480. The maximum atomic E-state index is 11.1. The lowest BCUT2D eigenvalue weighted by atomic mass is 9.97. The third-order valence-electron chi connectivity index (χ3n) is 2.88. The molecule has 0 aromatic rings. The van der Waals surface area contributed by atoms with Gasteiger partial charge in [0, 0.05) is 6.92 Å². The van der Waals surface area contributed by atoms with Crippen molar-refractivity contribution >= 4 is 5.91 Å². The Balaban J connectivity index is 2.20. The fraction of sp³-hybridized carbons (Fsp3) is 0.727. The minimum Gasteiger partial charge on any atom is -0.387 e. The fourth-order valence-electron chi connectivity index (χ4n) is 2.23. The lowest BCUT2D eigenvalue weighted by Gasteiger charge is -2.32. The van der Waals surface area contributed by atoms with E-state index in [1.54, 1.807) is 12.2 Å². The number of amides is 1. The summed E-state index contributed by atoms with van der Waals surface area (Å²) in [6.07, 6.45) is 2.67. The molecule has 5 nitrogen and oxygen atoms in total. The van der Waals surface area contributed by atoms with E-state index in [0.717, 1.165) is 0 Å². The van der Waals surface area contributed by atoms with Crippen molar-refractivity contribution in [2.45, 2.75) is 44.3 Å². The fourth-order valence-corrected chi connectivity index (χ4v) is 2.23. The lowest BCUT2D eigenvalue weighted by molar-refractivity contribution is -0.159. The molecule has 0 saturated carbocycles. The first-order valence-electron chi connectivity index (χ1n) is 5.33. The second-order valence-electron chi connectivity index (χ2n) is 4.77. The molecule has 1 heterocycles. The highest BCUT2D eigenvalue weighted by molar-refractivity contribution is 5.73. The molecule has 0 radical (unpaired) electrons. The number of nitrogens with one attached hydrogen (secondary N) is 1.